The second kappa shape index (κ2) is 6.06. The van der Waals surface area contributed by atoms with Crippen LogP contribution in [0.4, 0.5) is 0 Å². The maximum Gasteiger partial charge on any atom is 0.0668 e. The monoisotopic (exact) mass is 301 g/mol. The SMILES string of the molecule is N#CC1CCCCC1S(=O)c1cc(Cl)ccc1Cl. The van der Waals surface area contributed by atoms with Gasteiger partial charge < -0.3 is 0 Å². The Morgan fingerprint density at radius 1 is 1.28 bits per heavy atom. The summed E-state index contributed by atoms with van der Waals surface area (Å²) in [5.41, 5.74) is 0. The molecular weight excluding hydrogens is 289 g/mol. The average Bonchev–Trinajstić information content (AvgIpc) is 2.40. The molecule has 5 heteroatoms. The van der Waals surface area contributed by atoms with Gasteiger partial charge in [0, 0.05) is 5.02 Å². The van der Waals surface area contributed by atoms with Crippen LogP contribution in [-0.4, -0.2) is 9.46 Å². The summed E-state index contributed by atoms with van der Waals surface area (Å²) in [6, 6.07) is 7.24. The van der Waals surface area contributed by atoms with E-state index in [1.807, 2.05) is 0 Å². The van der Waals surface area contributed by atoms with E-state index >= 15 is 0 Å². The third kappa shape index (κ3) is 2.88. The van der Waals surface area contributed by atoms with Crippen LogP contribution in [0, 0.1) is 17.2 Å². The molecule has 1 aliphatic rings. The van der Waals surface area contributed by atoms with Crippen molar-refractivity contribution in [2.24, 2.45) is 5.92 Å². The Labute approximate surface area is 119 Å². The highest BCUT2D eigenvalue weighted by Gasteiger charge is 2.31. The molecule has 0 aromatic heterocycles. The molecule has 3 atom stereocenters. The molecule has 18 heavy (non-hydrogen) atoms. The molecule has 1 aliphatic carbocycles. The van der Waals surface area contributed by atoms with Crippen LogP contribution in [-0.2, 0) is 10.8 Å². The van der Waals surface area contributed by atoms with Crippen molar-refractivity contribution in [1.82, 2.24) is 0 Å². The lowest BCUT2D eigenvalue weighted by Gasteiger charge is -2.26. The molecule has 0 N–H and O–H groups in total. The fraction of sp³-hybridized carbons (Fsp3) is 0.462. The van der Waals surface area contributed by atoms with Crippen molar-refractivity contribution < 1.29 is 4.21 Å². The van der Waals surface area contributed by atoms with Gasteiger partial charge in [0.1, 0.15) is 0 Å². The average molecular weight is 302 g/mol. The third-order valence-electron chi connectivity index (χ3n) is 3.25. The topological polar surface area (TPSA) is 40.9 Å². The molecule has 0 bridgehead atoms. The zero-order chi connectivity index (χ0) is 13.1. The number of nitrogens with zero attached hydrogens (tertiary/aromatic N) is 1. The molecule has 1 saturated carbocycles. The lowest BCUT2D eigenvalue weighted by atomic mass is 9.90. The molecule has 1 fully saturated rings. The molecular formula is C13H13Cl2NOS. The molecule has 0 spiro atoms. The molecule has 3 unspecified atom stereocenters. The van der Waals surface area contributed by atoms with Gasteiger partial charge in [0.2, 0.25) is 0 Å². The van der Waals surface area contributed by atoms with Crippen molar-refractivity contribution in [3.05, 3.63) is 28.2 Å². The number of rotatable bonds is 2. The second-order valence-electron chi connectivity index (χ2n) is 4.43. The van der Waals surface area contributed by atoms with Crippen molar-refractivity contribution in [3.63, 3.8) is 0 Å². The van der Waals surface area contributed by atoms with Gasteiger partial charge in [0.25, 0.3) is 0 Å². The van der Waals surface area contributed by atoms with Gasteiger partial charge in [-0.15, -0.1) is 0 Å². The van der Waals surface area contributed by atoms with E-state index < -0.39 is 10.8 Å². The first-order valence-electron chi connectivity index (χ1n) is 5.88. The van der Waals surface area contributed by atoms with Gasteiger partial charge >= 0.3 is 0 Å². The molecule has 1 aromatic rings. The van der Waals surface area contributed by atoms with Crippen molar-refractivity contribution in [1.29, 1.82) is 5.26 Å². The first-order valence-corrected chi connectivity index (χ1v) is 7.85. The van der Waals surface area contributed by atoms with Crippen molar-refractivity contribution in [3.8, 4) is 6.07 Å². The number of halogens is 2. The van der Waals surface area contributed by atoms with Crippen LogP contribution >= 0.6 is 23.2 Å². The molecule has 0 aliphatic heterocycles. The van der Waals surface area contributed by atoms with Gasteiger partial charge in [0.05, 0.1) is 38.0 Å². The summed E-state index contributed by atoms with van der Waals surface area (Å²) in [6.45, 7) is 0. The Bertz CT molecular complexity index is 512. The summed E-state index contributed by atoms with van der Waals surface area (Å²) in [4.78, 5) is 0.552. The lowest BCUT2D eigenvalue weighted by Crippen LogP contribution is -2.28. The van der Waals surface area contributed by atoms with Gasteiger partial charge in [-0.25, -0.2) is 0 Å². The summed E-state index contributed by atoms with van der Waals surface area (Å²) in [5.74, 6) is -0.144. The Balaban J connectivity index is 2.30. The minimum Gasteiger partial charge on any atom is -0.254 e. The molecule has 0 saturated heterocycles. The molecule has 0 amide bonds. The van der Waals surface area contributed by atoms with Crippen LogP contribution < -0.4 is 0 Å². The van der Waals surface area contributed by atoms with E-state index in [1.165, 1.54) is 0 Å². The van der Waals surface area contributed by atoms with Gasteiger partial charge in [-0.2, -0.15) is 5.26 Å². The highest BCUT2D eigenvalue weighted by molar-refractivity contribution is 7.85. The second-order valence-corrected chi connectivity index (χ2v) is 6.91. The Hall–Kier alpha value is -0.560. The standard InChI is InChI=1S/C13H13Cl2NOS/c14-10-5-6-11(15)13(7-10)18(17)12-4-2-1-3-9(12)8-16/h5-7,9,12H,1-4H2. The van der Waals surface area contributed by atoms with E-state index in [9.17, 15) is 4.21 Å². The van der Waals surface area contributed by atoms with Crippen LogP contribution in [0.3, 0.4) is 0 Å². The number of benzene rings is 1. The number of hydrogen-bond acceptors (Lipinski definition) is 2. The van der Waals surface area contributed by atoms with Gasteiger partial charge in [-0.3, -0.25) is 4.21 Å². The van der Waals surface area contributed by atoms with Crippen LogP contribution in [0.25, 0.3) is 0 Å². The van der Waals surface area contributed by atoms with Crippen LogP contribution in [0.15, 0.2) is 23.1 Å². The van der Waals surface area contributed by atoms with Crippen molar-refractivity contribution in [2.45, 2.75) is 35.8 Å². The first-order chi connectivity index (χ1) is 8.63. The van der Waals surface area contributed by atoms with Crippen LogP contribution in [0.1, 0.15) is 25.7 Å². The first kappa shape index (κ1) is 13.9. The lowest BCUT2D eigenvalue weighted by molar-refractivity contribution is 0.431. The molecule has 0 heterocycles. The normalized spacial score (nSPS) is 25.4. The predicted molar refractivity (Wildman–Crippen MR) is 74.2 cm³/mol. The van der Waals surface area contributed by atoms with E-state index in [2.05, 4.69) is 6.07 Å². The van der Waals surface area contributed by atoms with Crippen molar-refractivity contribution in [2.75, 3.05) is 0 Å². The van der Waals surface area contributed by atoms with E-state index in [0.29, 0.717) is 14.9 Å². The van der Waals surface area contributed by atoms with Crippen LogP contribution in [0.2, 0.25) is 10.0 Å². The zero-order valence-corrected chi connectivity index (χ0v) is 12.1. The maximum atomic E-state index is 12.6. The minimum atomic E-state index is -1.26. The summed E-state index contributed by atoms with van der Waals surface area (Å²) < 4.78 is 12.6. The highest BCUT2D eigenvalue weighted by Crippen LogP contribution is 2.33. The molecule has 2 nitrogen and oxygen atoms in total. The molecule has 96 valence electrons. The fourth-order valence-electron chi connectivity index (χ4n) is 2.30. The summed E-state index contributed by atoms with van der Waals surface area (Å²) >= 11 is 12.0. The smallest absolute Gasteiger partial charge is 0.0668 e. The Morgan fingerprint density at radius 3 is 2.72 bits per heavy atom. The van der Waals surface area contributed by atoms with E-state index in [-0.39, 0.29) is 11.2 Å². The summed E-state index contributed by atoms with van der Waals surface area (Å²) in [7, 11) is -1.26. The highest BCUT2D eigenvalue weighted by atomic mass is 35.5. The Morgan fingerprint density at radius 2 is 2.00 bits per heavy atom. The van der Waals surface area contributed by atoms with E-state index in [1.54, 1.807) is 18.2 Å². The molecule has 1 aromatic carbocycles. The predicted octanol–water partition coefficient (Wildman–Crippen LogP) is 4.18. The van der Waals surface area contributed by atoms with Gasteiger partial charge in [-0.1, -0.05) is 36.0 Å². The third-order valence-corrected chi connectivity index (χ3v) is 5.82. The Kier molecular flexibility index (Phi) is 4.66. The van der Waals surface area contributed by atoms with E-state index in [0.717, 1.165) is 25.7 Å². The van der Waals surface area contributed by atoms with E-state index in [4.69, 9.17) is 28.5 Å². The minimum absolute atomic E-state index is 0.125. The number of nitriles is 1. The summed E-state index contributed by atoms with van der Waals surface area (Å²) in [6.07, 6.45) is 3.70. The molecule has 0 radical (unpaired) electrons. The quantitative estimate of drug-likeness (QED) is 0.822. The largest absolute Gasteiger partial charge is 0.254 e. The van der Waals surface area contributed by atoms with Crippen molar-refractivity contribution >= 4 is 34.0 Å². The zero-order valence-electron chi connectivity index (χ0n) is 9.73. The fourth-order valence-corrected chi connectivity index (χ4v) is 4.58. The molecule has 2 rings (SSSR count). The summed E-state index contributed by atoms with van der Waals surface area (Å²) in [5, 5.41) is 9.99. The van der Waals surface area contributed by atoms with Gasteiger partial charge in [0.15, 0.2) is 0 Å². The van der Waals surface area contributed by atoms with Gasteiger partial charge in [-0.05, 0) is 31.0 Å². The maximum absolute atomic E-state index is 12.6. The number of hydrogen-bond donors (Lipinski definition) is 0. The van der Waals surface area contributed by atoms with Crippen LogP contribution in [0.5, 0.6) is 0 Å².